The summed E-state index contributed by atoms with van der Waals surface area (Å²) < 4.78 is 0. The molecule has 0 aliphatic heterocycles. The van der Waals surface area contributed by atoms with E-state index in [1.54, 1.807) is 6.07 Å². The molecule has 0 saturated heterocycles. The minimum Gasteiger partial charge on any atom is -0.309 e. The van der Waals surface area contributed by atoms with Gasteiger partial charge in [-0.15, -0.1) is 0 Å². The van der Waals surface area contributed by atoms with Crippen LogP contribution < -0.4 is 5.32 Å². The summed E-state index contributed by atoms with van der Waals surface area (Å²) in [7, 11) is 1.94. The Kier molecular flexibility index (Phi) is 5.09. The number of benzene rings is 2. The second-order valence-corrected chi connectivity index (χ2v) is 6.05. The predicted molar refractivity (Wildman–Crippen MR) is 87.9 cm³/mol. The fourth-order valence-corrected chi connectivity index (χ4v) is 2.83. The molecular formula is C17H19Cl2N. The average Bonchev–Trinajstić information content (AvgIpc) is 2.42. The lowest BCUT2D eigenvalue weighted by molar-refractivity contribution is 0.691. The van der Waals surface area contributed by atoms with Crippen molar-refractivity contribution >= 4 is 23.2 Å². The Bertz CT molecular complexity index is 576. The SMILES string of the molecule is CNC(c1ccc(C(C)C)cc1)c1ccc(Cl)cc1Cl. The van der Waals surface area contributed by atoms with Crippen LogP contribution in [-0.2, 0) is 0 Å². The third-order valence-corrected chi connectivity index (χ3v) is 4.06. The highest BCUT2D eigenvalue weighted by atomic mass is 35.5. The molecular weight excluding hydrogens is 289 g/mol. The largest absolute Gasteiger partial charge is 0.309 e. The number of nitrogens with one attached hydrogen (secondary N) is 1. The molecule has 1 N–H and O–H groups in total. The molecule has 1 unspecified atom stereocenters. The Balaban J connectivity index is 2.36. The van der Waals surface area contributed by atoms with Gasteiger partial charge >= 0.3 is 0 Å². The molecule has 0 bridgehead atoms. The van der Waals surface area contributed by atoms with E-state index in [9.17, 15) is 0 Å². The fourth-order valence-electron chi connectivity index (χ4n) is 2.31. The van der Waals surface area contributed by atoms with Crippen LogP contribution in [0.15, 0.2) is 42.5 Å². The molecule has 1 nitrogen and oxygen atoms in total. The average molecular weight is 308 g/mol. The zero-order valence-corrected chi connectivity index (χ0v) is 13.5. The minimum absolute atomic E-state index is 0.0704. The van der Waals surface area contributed by atoms with Crippen molar-refractivity contribution in [3.8, 4) is 0 Å². The van der Waals surface area contributed by atoms with E-state index in [4.69, 9.17) is 23.2 Å². The van der Waals surface area contributed by atoms with Gasteiger partial charge in [0.25, 0.3) is 0 Å². The van der Waals surface area contributed by atoms with Crippen LogP contribution in [0, 0.1) is 0 Å². The van der Waals surface area contributed by atoms with Crippen LogP contribution in [0.25, 0.3) is 0 Å². The van der Waals surface area contributed by atoms with Gasteiger partial charge in [0.15, 0.2) is 0 Å². The first kappa shape index (κ1) is 15.4. The minimum atomic E-state index is 0.0704. The van der Waals surface area contributed by atoms with Crippen molar-refractivity contribution in [2.75, 3.05) is 7.05 Å². The summed E-state index contributed by atoms with van der Waals surface area (Å²) in [5, 5.41) is 4.66. The van der Waals surface area contributed by atoms with Gasteiger partial charge in [-0.2, -0.15) is 0 Å². The highest BCUT2D eigenvalue weighted by Gasteiger charge is 2.15. The molecule has 0 amide bonds. The van der Waals surface area contributed by atoms with Gasteiger partial charge in [-0.05, 0) is 41.8 Å². The summed E-state index contributed by atoms with van der Waals surface area (Å²) in [6.07, 6.45) is 0. The van der Waals surface area contributed by atoms with E-state index >= 15 is 0 Å². The number of hydrogen-bond acceptors (Lipinski definition) is 1. The molecule has 2 aromatic rings. The van der Waals surface area contributed by atoms with Crippen molar-refractivity contribution < 1.29 is 0 Å². The zero-order chi connectivity index (χ0) is 14.7. The quantitative estimate of drug-likeness (QED) is 0.794. The number of rotatable bonds is 4. The van der Waals surface area contributed by atoms with Crippen LogP contribution in [0.1, 0.15) is 42.5 Å². The van der Waals surface area contributed by atoms with E-state index in [1.165, 1.54) is 11.1 Å². The van der Waals surface area contributed by atoms with Crippen LogP contribution in [0.5, 0.6) is 0 Å². The van der Waals surface area contributed by atoms with Crippen LogP contribution in [-0.4, -0.2) is 7.05 Å². The highest BCUT2D eigenvalue weighted by molar-refractivity contribution is 6.35. The lowest BCUT2D eigenvalue weighted by atomic mass is 9.95. The maximum absolute atomic E-state index is 6.31. The van der Waals surface area contributed by atoms with Crippen molar-refractivity contribution in [3.05, 3.63) is 69.2 Å². The molecule has 0 aromatic heterocycles. The van der Waals surface area contributed by atoms with Gasteiger partial charge in [0.05, 0.1) is 6.04 Å². The second kappa shape index (κ2) is 6.62. The Morgan fingerprint density at radius 3 is 2.00 bits per heavy atom. The summed E-state index contributed by atoms with van der Waals surface area (Å²) in [6, 6.07) is 14.4. The Labute approximate surface area is 130 Å². The molecule has 0 spiro atoms. The number of hydrogen-bond donors (Lipinski definition) is 1. The smallest absolute Gasteiger partial charge is 0.0589 e. The topological polar surface area (TPSA) is 12.0 Å². The molecule has 1 atom stereocenters. The maximum atomic E-state index is 6.31. The summed E-state index contributed by atoms with van der Waals surface area (Å²) >= 11 is 12.3. The zero-order valence-electron chi connectivity index (χ0n) is 12.0. The summed E-state index contributed by atoms with van der Waals surface area (Å²) in [4.78, 5) is 0. The molecule has 0 saturated carbocycles. The summed E-state index contributed by atoms with van der Waals surface area (Å²) in [5.74, 6) is 0.538. The van der Waals surface area contributed by atoms with E-state index in [1.807, 2.05) is 19.2 Å². The molecule has 3 heteroatoms. The van der Waals surface area contributed by atoms with Gasteiger partial charge < -0.3 is 5.32 Å². The van der Waals surface area contributed by atoms with E-state index < -0.39 is 0 Å². The molecule has 0 heterocycles. The third-order valence-electron chi connectivity index (χ3n) is 3.50. The highest BCUT2D eigenvalue weighted by Crippen LogP contribution is 2.30. The third kappa shape index (κ3) is 3.35. The first-order valence-electron chi connectivity index (χ1n) is 6.75. The van der Waals surface area contributed by atoms with Crippen molar-refractivity contribution in [3.63, 3.8) is 0 Å². The van der Waals surface area contributed by atoms with Crippen LogP contribution in [0.4, 0.5) is 0 Å². The van der Waals surface area contributed by atoms with Crippen molar-refractivity contribution in [1.29, 1.82) is 0 Å². The van der Waals surface area contributed by atoms with E-state index in [2.05, 4.69) is 43.4 Å². The molecule has 2 rings (SSSR count). The number of halogens is 2. The van der Waals surface area contributed by atoms with E-state index in [0.717, 1.165) is 5.56 Å². The van der Waals surface area contributed by atoms with E-state index in [0.29, 0.717) is 16.0 Å². The van der Waals surface area contributed by atoms with Crippen LogP contribution >= 0.6 is 23.2 Å². The van der Waals surface area contributed by atoms with Crippen LogP contribution in [0.3, 0.4) is 0 Å². The van der Waals surface area contributed by atoms with Gasteiger partial charge in [0.1, 0.15) is 0 Å². The monoisotopic (exact) mass is 307 g/mol. The lowest BCUT2D eigenvalue weighted by Crippen LogP contribution is -2.18. The van der Waals surface area contributed by atoms with E-state index in [-0.39, 0.29) is 6.04 Å². The predicted octanol–water partition coefficient (Wildman–Crippen LogP) is 5.43. The Morgan fingerprint density at radius 1 is 0.900 bits per heavy atom. The van der Waals surface area contributed by atoms with Crippen LogP contribution in [0.2, 0.25) is 10.0 Å². The van der Waals surface area contributed by atoms with Gasteiger partial charge in [-0.25, -0.2) is 0 Å². The molecule has 0 fully saturated rings. The van der Waals surface area contributed by atoms with Gasteiger partial charge in [0, 0.05) is 10.0 Å². The molecule has 0 aliphatic carbocycles. The summed E-state index contributed by atoms with van der Waals surface area (Å²) in [6.45, 7) is 4.39. The Morgan fingerprint density at radius 2 is 1.50 bits per heavy atom. The molecule has 0 aliphatic rings. The Hall–Kier alpha value is -1.02. The normalized spacial score (nSPS) is 12.7. The first-order valence-corrected chi connectivity index (χ1v) is 7.50. The van der Waals surface area contributed by atoms with Crippen molar-refractivity contribution in [1.82, 2.24) is 5.32 Å². The summed E-state index contributed by atoms with van der Waals surface area (Å²) in [5.41, 5.74) is 3.57. The standard InChI is InChI=1S/C17H19Cl2N/c1-11(2)12-4-6-13(7-5-12)17(20-3)15-9-8-14(18)10-16(15)19/h4-11,17,20H,1-3H3. The molecule has 20 heavy (non-hydrogen) atoms. The van der Waals surface area contributed by atoms with Gasteiger partial charge in [-0.1, -0.05) is 67.4 Å². The van der Waals surface area contributed by atoms with Crippen molar-refractivity contribution in [2.45, 2.75) is 25.8 Å². The molecule has 2 aromatic carbocycles. The molecule has 0 radical (unpaired) electrons. The molecule has 106 valence electrons. The van der Waals surface area contributed by atoms with Crippen molar-refractivity contribution in [2.24, 2.45) is 0 Å². The first-order chi connectivity index (χ1) is 9.52. The van der Waals surface area contributed by atoms with Gasteiger partial charge in [-0.3, -0.25) is 0 Å². The fraction of sp³-hybridized carbons (Fsp3) is 0.294. The van der Waals surface area contributed by atoms with Gasteiger partial charge in [0.2, 0.25) is 0 Å². The second-order valence-electron chi connectivity index (χ2n) is 5.21. The lowest BCUT2D eigenvalue weighted by Gasteiger charge is -2.19. The maximum Gasteiger partial charge on any atom is 0.0589 e.